The number of hydrogen-bond donors (Lipinski definition) is 2. The van der Waals surface area contributed by atoms with Crippen LogP contribution >= 0.6 is 23.2 Å². The van der Waals surface area contributed by atoms with E-state index < -0.39 is 0 Å². The number of H-pyrrole nitrogens is 1. The van der Waals surface area contributed by atoms with Crippen LogP contribution in [0.2, 0.25) is 10.0 Å². The van der Waals surface area contributed by atoms with Gasteiger partial charge in [-0.05, 0) is 67.6 Å². The van der Waals surface area contributed by atoms with Gasteiger partial charge in [-0.3, -0.25) is 4.79 Å². The van der Waals surface area contributed by atoms with Crippen LogP contribution in [-0.4, -0.2) is 45.2 Å². The lowest BCUT2D eigenvalue weighted by atomic mass is 9.99. The summed E-state index contributed by atoms with van der Waals surface area (Å²) in [6.07, 6.45) is 5.35. The smallest absolute Gasteiger partial charge is 0.272 e. The minimum atomic E-state index is -0.345. The fourth-order valence-electron chi connectivity index (χ4n) is 6.09. The number of nitrogens with one attached hydrogen (secondary N) is 2. The largest absolute Gasteiger partial charge is 0.476 e. The van der Waals surface area contributed by atoms with E-state index in [9.17, 15) is 4.79 Å². The van der Waals surface area contributed by atoms with E-state index in [1.165, 1.54) is 0 Å². The highest BCUT2D eigenvalue weighted by Gasteiger charge is 2.28. The number of aromatic amines is 1. The number of carbonyl (C=O) groups excluding carboxylic acids is 1. The second-order valence-corrected chi connectivity index (χ2v) is 12.6. The predicted octanol–water partition coefficient (Wildman–Crippen LogP) is 9.07. The predicted molar refractivity (Wildman–Crippen MR) is 186 cm³/mol. The highest BCUT2D eigenvalue weighted by atomic mass is 35.5. The highest BCUT2D eigenvalue weighted by molar-refractivity contribution is 6.31. The average Bonchev–Trinajstić information content (AvgIpc) is 3.70. The summed E-state index contributed by atoms with van der Waals surface area (Å²) >= 11 is 12.7. The van der Waals surface area contributed by atoms with Gasteiger partial charge in [-0.15, -0.1) is 0 Å². The van der Waals surface area contributed by atoms with Crippen LogP contribution in [0.25, 0.3) is 33.4 Å². The molecule has 2 N–H and O–H groups in total. The van der Waals surface area contributed by atoms with E-state index in [4.69, 9.17) is 37.7 Å². The van der Waals surface area contributed by atoms with Gasteiger partial charge in [0.25, 0.3) is 5.91 Å². The van der Waals surface area contributed by atoms with E-state index in [0.29, 0.717) is 45.4 Å². The maximum absolute atomic E-state index is 14.4. The average molecular weight is 667 g/mol. The van der Waals surface area contributed by atoms with Gasteiger partial charge in [-0.25, -0.2) is 9.97 Å². The molecule has 1 fully saturated rings. The molecule has 1 aliphatic rings. The van der Waals surface area contributed by atoms with E-state index in [1.807, 2.05) is 79.1 Å². The second-order valence-electron chi connectivity index (χ2n) is 11.7. The molecule has 0 unspecified atom stereocenters. The van der Waals surface area contributed by atoms with E-state index in [-0.39, 0.29) is 11.9 Å². The van der Waals surface area contributed by atoms with Crippen LogP contribution in [0.5, 0.6) is 5.88 Å². The zero-order valence-corrected chi connectivity index (χ0v) is 27.3. The second kappa shape index (κ2) is 13.6. The minimum Gasteiger partial charge on any atom is -0.476 e. The summed E-state index contributed by atoms with van der Waals surface area (Å²) in [6.45, 7) is 4.06. The molecule has 1 amide bonds. The van der Waals surface area contributed by atoms with Crippen LogP contribution in [0, 0.1) is 5.92 Å². The van der Waals surface area contributed by atoms with Crippen LogP contribution in [0.3, 0.4) is 0 Å². The molecular formula is C37H33Cl2N5O3. The number of aromatic nitrogens is 4. The third kappa shape index (κ3) is 6.49. The standard InChI is InChI=1S/C37H33Cl2N5O3/c1-23(25-9-11-27(38)12-10-25)44-22-41-33(26-6-3-2-4-7-26)35(44)32-29-14-13-28(39)20-31(29)42-34(32)36(45)43-30-8-5-17-40-37(30)47-21-24-15-18-46-19-16-24/h2-14,17,20,22-24,42H,15-16,18-19,21H2,1H3,(H,43,45)/t23-/m0/s1. The third-order valence-corrected chi connectivity index (χ3v) is 9.14. The van der Waals surface area contributed by atoms with Crippen molar-refractivity contribution in [1.82, 2.24) is 19.5 Å². The summed E-state index contributed by atoms with van der Waals surface area (Å²) in [5.41, 5.74) is 5.80. The van der Waals surface area contributed by atoms with E-state index in [0.717, 1.165) is 59.5 Å². The van der Waals surface area contributed by atoms with Crippen molar-refractivity contribution in [2.45, 2.75) is 25.8 Å². The molecule has 1 saturated heterocycles. The molecule has 0 aliphatic carbocycles. The molecule has 7 rings (SSSR count). The SMILES string of the molecule is C[C@@H](c1ccc(Cl)cc1)n1cnc(-c2ccccc2)c1-c1c(C(=O)Nc2cccnc2OCC2CCOCC2)[nH]c2cc(Cl)ccc12. The normalized spacial score (nSPS) is 14.3. The summed E-state index contributed by atoms with van der Waals surface area (Å²) in [7, 11) is 0. The van der Waals surface area contributed by atoms with Crippen molar-refractivity contribution >= 4 is 45.7 Å². The van der Waals surface area contributed by atoms with Crippen LogP contribution in [-0.2, 0) is 4.74 Å². The molecule has 4 heterocycles. The Kier molecular flexibility index (Phi) is 8.98. The van der Waals surface area contributed by atoms with Crippen molar-refractivity contribution in [3.63, 3.8) is 0 Å². The lowest BCUT2D eigenvalue weighted by Gasteiger charge is -2.22. The maximum atomic E-state index is 14.4. The molecule has 0 saturated carbocycles. The first-order chi connectivity index (χ1) is 23.0. The molecule has 1 atom stereocenters. The lowest BCUT2D eigenvalue weighted by molar-refractivity contribution is 0.0491. The molecule has 0 radical (unpaired) electrons. The molecule has 0 spiro atoms. The Morgan fingerprint density at radius 2 is 1.77 bits per heavy atom. The minimum absolute atomic E-state index is 0.135. The van der Waals surface area contributed by atoms with Gasteiger partial charge in [0.2, 0.25) is 5.88 Å². The van der Waals surface area contributed by atoms with E-state index in [2.05, 4.69) is 26.8 Å². The van der Waals surface area contributed by atoms with Crippen molar-refractivity contribution in [1.29, 1.82) is 0 Å². The first-order valence-corrected chi connectivity index (χ1v) is 16.4. The highest BCUT2D eigenvalue weighted by Crippen LogP contribution is 2.41. The van der Waals surface area contributed by atoms with Crippen LogP contribution in [0.15, 0.2) is 97.5 Å². The summed E-state index contributed by atoms with van der Waals surface area (Å²) in [5.74, 6) is 0.403. The fourth-order valence-corrected chi connectivity index (χ4v) is 6.39. The maximum Gasteiger partial charge on any atom is 0.272 e. The number of anilines is 1. The van der Waals surface area contributed by atoms with Gasteiger partial charge in [0.15, 0.2) is 0 Å². The van der Waals surface area contributed by atoms with E-state index >= 15 is 0 Å². The quantitative estimate of drug-likeness (QED) is 0.161. The van der Waals surface area contributed by atoms with Gasteiger partial charge >= 0.3 is 0 Å². The Labute approximate surface area is 282 Å². The number of pyridine rings is 1. The Morgan fingerprint density at radius 1 is 1.00 bits per heavy atom. The van der Waals surface area contributed by atoms with Gasteiger partial charge in [0.1, 0.15) is 11.4 Å². The summed E-state index contributed by atoms with van der Waals surface area (Å²) < 4.78 is 13.7. The number of ether oxygens (including phenoxy) is 2. The molecular weight excluding hydrogens is 633 g/mol. The van der Waals surface area contributed by atoms with Gasteiger partial charge in [-0.2, -0.15) is 0 Å². The lowest BCUT2D eigenvalue weighted by Crippen LogP contribution is -2.22. The molecule has 8 nitrogen and oxygen atoms in total. The Hall–Kier alpha value is -4.63. The van der Waals surface area contributed by atoms with Crippen LogP contribution in [0.4, 0.5) is 5.69 Å². The number of nitrogens with zero attached hydrogens (tertiary/aromatic N) is 3. The van der Waals surface area contributed by atoms with Gasteiger partial charge in [-0.1, -0.05) is 71.7 Å². The van der Waals surface area contributed by atoms with Crippen molar-refractivity contribution in [3.05, 3.63) is 119 Å². The molecule has 10 heteroatoms. The van der Waals surface area contributed by atoms with Crippen molar-refractivity contribution in [2.24, 2.45) is 5.92 Å². The third-order valence-electron chi connectivity index (χ3n) is 8.65. The number of halogens is 2. The van der Waals surface area contributed by atoms with Crippen molar-refractivity contribution in [3.8, 4) is 28.4 Å². The molecule has 3 aromatic heterocycles. The first-order valence-electron chi connectivity index (χ1n) is 15.6. The van der Waals surface area contributed by atoms with Gasteiger partial charge in [0.05, 0.1) is 30.4 Å². The number of hydrogen-bond acceptors (Lipinski definition) is 5. The summed E-state index contributed by atoms with van der Waals surface area (Å²) in [5, 5.41) is 5.13. The molecule has 238 valence electrons. The Morgan fingerprint density at radius 3 is 2.55 bits per heavy atom. The number of benzene rings is 3. The van der Waals surface area contributed by atoms with Crippen LogP contribution < -0.4 is 10.1 Å². The topological polar surface area (TPSA) is 94.1 Å². The Bertz CT molecular complexity index is 2020. The number of amides is 1. The molecule has 3 aromatic carbocycles. The number of rotatable bonds is 9. The number of fused-ring (bicyclic) bond motifs is 1. The number of carbonyl (C=O) groups is 1. The number of imidazole rings is 1. The van der Waals surface area contributed by atoms with Gasteiger partial charge in [0, 0.05) is 51.5 Å². The molecule has 1 aliphatic heterocycles. The van der Waals surface area contributed by atoms with Crippen LogP contribution in [0.1, 0.15) is 41.9 Å². The molecule has 47 heavy (non-hydrogen) atoms. The fraction of sp³-hybridized carbons (Fsp3) is 0.216. The first kappa shape index (κ1) is 31.0. The molecule has 0 bridgehead atoms. The zero-order valence-electron chi connectivity index (χ0n) is 25.8. The zero-order chi connectivity index (χ0) is 32.3. The monoisotopic (exact) mass is 665 g/mol. The van der Waals surface area contributed by atoms with Crippen molar-refractivity contribution < 1.29 is 14.3 Å². The summed E-state index contributed by atoms with van der Waals surface area (Å²) in [6, 6.07) is 26.8. The Balaban J connectivity index is 1.34. The van der Waals surface area contributed by atoms with Crippen molar-refractivity contribution in [2.75, 3.05) is 25.1 Å². The summed E-state index contributed by atoms with van der Waals surface area (Å²) in [4.78, 5) is 27.1. The molecule has 6 aromatic rings. The van der Waals surface area contributed by atoms with Gasteiger partial charge < -0.3 is 24.3 Å². The van der Waals surface area contributed by atoms with E-state index in [1.54, 1.807) is 18.3 Å².